The third-order valence-corrected chi connectivity index (χ3v) is 4.08. The van der Waals surface area contributed by atoms with Crippen molar-refractivity contribution in [3.63, 3.8) is 0 Å². The van der Waals surface area contributed by atoms with Crippen molar-refractivity contribution in [3.8, 4) is 0 Å². The zero-order valence-electron chi connectivity index (χ0n) is 8.96. The van der Waals surface area contributed by atoms with E-state index >= 15 is 0 Å². The number of carbonyl (C=O) groups excluding carboxylic acids is 1. The highest BCUT2D eigenvalue weighted by atomic mass is 79.9. The van der Waals surface area contributed by atoms with Gasteiger partial charge in [-0.15, -0.1) is 11.3 Å². The van der Waals surface area contributed by atoms with Gasteiger partial charge in [0.1, 0.15) is 0 Å². The van der Waals surface area contributed by atoms with Crippen LogP contribution in [0.3, 0.4) is 0 Å². The van der Waals surface area contributed by atoms with Crippen molar-refractivity contribution in [2.75, 3.05) is 0 Å². The molecule has 0 bridgehead atoms. The molecular formula is C11H4BrClF3NOS. The van der Waals surface area contributed by atoms with Crippen LogP contribution in [0.1, 0.15) is 20.2 Å². The maximum absolute atomic E-state index is 12.4. The zero-order valence-corrected chi connectivity index (χ0v) is 12.1. The van der Waals surface area contributed by atoms with E-state index in [0.717, 1.165) is 6.20 Å². The molecule has 1 heterocycles. The molecule has 0 aliphatic heterocycles. The Kier molecular flexibility index (Phi) is 3.98. The first-order valence-electron chi connectivity index (χ1n) is 4.82. The van der Waals surface area contributed by atoms with Gasteiger partial charge in [0.2, 0.25) is 5.78 Å². The van der Waals surface area contributed by atoms with E-state index in [0.29, 0.717) is 20.8 Å². The van der Waals surface area contributed by atoms with Gasteiger partial charge in [0.05, 0.1) is 4.88 Å². The molecule has 1 aromatic carbocycles. The van der Waals surface area contributed by atoms with Crippen LogP contribution in [0.15, 0.2) is 28.9 Å². The molecule has 0 radical (unpaired) electrons. The minimum absolute atomic E-state index is 0.0738. The van der Waals surface area contributed by atoms with Crippen LogP contribution in [-0.4, -0.2) is 10.8 Å². The number of benzene rings is 1. The summed E-state index contributed by atoms with van der Waals surface area (Å²) in [5, 5.41) is -0.621. The first-order chi connectivity index (χ1) is 8.79. The number of alkyl halides is 3. The number of thiazole rings is 1. The minimum Gasteiger partial charge on any atom is -0.288 e. The molecule has 0 atom stereocenters. The monoisotopic (exact) mass is 369 g/mol. The topological polar surface area (TPSA) is 30.0 Å². The Labute approximate surface area is 123 Å². The summed E-state index contributed by atoms with van der Waals surface area (Å²) in [6, 6.07) is 4.44. The minimum atomic E-state index is -4.54. The molecule has 0 N–H and O–H groups in total. The van der Waals surface area contributed by atoms with Crippen LogP contribution in [0.5, 0.6) is 0 Å². The molecule has 0 saturated carbocycles. The maximum atomic E-state index is 12.4. The summed E-state index contributed by atoms with van der Waals surface area (Å²) in [6.45, 7) is 0. The fourth-order valence-corrected chi connectivity index (χ4v) is 2.92. The van der Waals surface area contributed by atoms with Crippen LogP contribution in [0.2, 0.25) is 5.02 Å². The average molecular weight is 371 g/mol. The Balaban J connectivity index is 2.37. The lowest BCUT2D eigenvalue weighted by atomic mass is 10.1. The summed E-state index contributed by atoms with van der Waals surface area (Å²) in [4.78, 5) is 15.2. The van der Waals surface area contributed by atoms with Crippen LogP contribution >= 0.6 is 38.9 Å². The number of nitrogens with zero attached hydrogens (tertiary/aromatic N) is 1. The maximum Gasteiger partial charge on any atom is 0.443 e. The van der Waals surface area contributed by atoms with Gasteiger partial charge in [-0.1, -0.05) is 11.6 Å². The Morgan fingerprint density at radius 2 is 2.05 bits per heavy atom. The van der Waals surface area contributed by atoms with Crippen molar-refractivity contribution in [2.24, 2.45) is 0 Å². The molecule has 0 aliphatic carbocycles. The van der Waals surface area contributed by atoms with Crippen molar-refractivity contribution >= 4 is 44.7 Å². The number of aromatic nitrogens is 1. The number of rotatable bonds is 2. The van der Waals surface area contributed by atoms with Gasteiger partial charge in [-0.2, -0.15) is 13.2 Å². The molecule has 2 nitrogen and oxygen atoms in total. The number of hydrogen-bond donors (Lipinski definition) is 0. The third-order valence-electron chi connectivity index (χ3n) is 2.15. The molecule has 0 unspecified atom stereocenters. The number of hydrogen-bond acceptors (Lipinski definition) is 3. The van der Waals surface area contributed by atoms with E-state index in [1.807, 2.05) is 0 Å². The van der Waals surface area contributed by atoms with Gasteiger partial charge in [-0.05, 0) is 34.1 Å². The highest BCUT2D eigenvalue weighted by Crippen LogP contribution is 2.34. The van der Waals surface area contributed by atoms with Gasteiger partial charge in [-0.3, -0.25) is 4.79 Å². The summed E-state index contributed by atoms with van der Waals surface area (Å²) in [5.41, 5.74) is 0.238. The lowest BCUT2D eigenvalue weighted by Crippen LogP contribution is -2.03. The Hall–Kier alpha value is -0.920. The lowest BCUT2D eigenvalue weighted by Gasteiger charge is -2.02. The lowest BCUT2D eigenvalue weighted by molar-refractivity contribution is -0.137. The van der Waals surface area contributed by atoms with Crippen molar-refractivity contribution in [3.05, 3.63) is 49.3 Å². The smallest absolute Gasteiger partial charge is 0.288 e. The average Bonchev–Trinajstić information content (AvgIpc) is 2.76. The Morgan fingerprint density at radius 3 is 2.58 bits per heavy atom. The molecule has 0 saturated heterocycles. The van der Waals surface area contributed by atoms with E-state index in [2.05, 4.69) is 20.9 Å². The van der Waals surface area contributed by atoms with E-state index in [-0.39, 0.29) is 10.4 Å². The van der Waals surface area contributed by atoms with Crippen LogP contribution in [0.4, 0.5) is 13.2 Å². The van der Waals surface area contributed by atoms with Gasteiger partial charge >= 0.3 is 6.18 Å². The van der Waals surface area contributed by atoms with Gasteiger partial charge in [0, 0.05) is 21.3 Å². The summed E-state index contributed by atoms with van der Waals surface area (Å²) < 4.78 is 37.7. The molecule has 100 valence electrons. The van der Waals surface area contributed by atoms with Crippen LogP contribution in [-0.2, 0) is 6.18 Å². The highest BCUT2D eigenvalue weighted by Gasteiger charge is 2.35. The van der Waals surface area contributed by atoms with Crippen LogP contribution in [0.25, 0.3) is 0 Å². The first-order valence-corrected chi connectivity index (χ1v) is 6.80. The van der Waals surface area contributed by atoms with Crippen LogP contribution in [0, 0.1) is 0 Å². The van der Waals surface area contributed by atoms with E-state index < -0.39 is 17.0 Å². The second-order valence-corrected chi connectivity index (χ2v) is 5.80. The quantitative estimate of drug-likeness (QED) is 0.710. The predicted molar refractivity (Wildman–Crippen MR) is 69.7 cm³/mol. The van der Waals surface area contributed by atoms with E-state index in [4.69, 9.17) is 11.6 Å². The van der Waals surface area contributed by atoms with E-state index in [1.54, 1.807) is 0 Å². The van der Waals surface area contributed by atoms with Crippen LogP contribution < -0.4 is 0 Å². The zero-order chi connectivity index (χ0) is 14.2. The number of halogens is 5. The van der Waals surface area contributed by atoms with Gasteiger partial charge < -0.3 is 0 Å². The van der Waals surface area contributed by atoms with Gasteiger partial charge in [0.25, 0.3) is 0 Å². The van der Waals surface area contributed by atoms with E-state index in [1.165, 1.54) is 18.2 Å². The molecule has 0 fully saturated rings. The Morgan fingerprint density at radius 1 is 1.37 bits per heavy atom. The molecule has 19 heavy (non-hydrogen) atoms. The second kappa shape index (κ2) is 5.22. The fourth-order valence-electron chi connectivity index (χ4n) is 1.32. The predicted octanol–water partition coefficient (Wildman–Crippen LogP) is 4.81. The first kappa shape index (κ1) is 14.5. The third kappa shape index (κ3) is 3.16. The summed E-state index contributed by atoms with van der Waals surface area (Å²) >= 11 is 9.20. The molecule has 2 rings (SSSR count). The van der Waals surface area contributed by atoms with Crippen molar-refractivity contribution in [2.45, 2.75) is 6.18 Å². The van der Waals surface area contributed by atoms with Crippen molar-refractivity contribution in [1.82, 2.24) is 4.98 Å². The number of ketones is 1. The fraction of sp³-hybridized carbons (Fsp3) is 0.0909. The number of carbonyl (C=O) groups is 1. The van der Waals surface area contributed by atoms with E-state index in [9.17, 15) is 18.0 Å². The highest BCUT2D eigenvalue weighted by molar-refractivity contribution is 9.10. The Bertz CT molecular complexity index is 641. The molecular weight excluding hydrogens is 367 g/mol. The molecule has 0 aliphatic rings. The molecule has 1 aromatic heterocycles. The summed E-state index contributed by atoms with van der Waals surface area (Å²) in [7, 11) is 0. The molecule has 2 aromatic rings. The largest absolute Gasteiger partial charge is 0.443 e. The molecule has 0 amide bonds. The van der Waals surface area contributed by atoms with Crippen molar-refractivity contribution < 1.29 is 18.0 Å². The summed E-state index contributed by atoms with van der Waals surface area (Å²) in [6.07, 6.45) is -3.61. The van der Waals surface area contributed by atoms with Crippen molar-refractivity contribution in [1.29, 1.82) is 0 Å². The van der Waals surface area contributed by atoms with Gasteiger partial charge in [-0.25, -0.2) is 4.98 Å². The normalized spacial score (nSPS) is 11.6. The SMILES string of the molecule is O=C(c1cnc(C(F)(F)F)s1)c1ccc(Cl)cc1Br. The summed E-state index contributed by atoms with van der Waals surface area (Å²) in [5.74, 6) is -0.531. The standard InChI is InChI=1S/C11H4BrClF3NOS/c12-7-3-5(13)1-2-6(7)9(18)8-4-17-10(19-8)11(14,15)16/h1-4H. The van der Waals surface area contributed by atoms with Gasteiger partial charge in [0.15, 0.2) is 5.01 Å². The molecule has 0 spiro atoms. The molecule has 8 heteroatoms. The second-order valence-electron chi connectivity index (χ2n) is 3.48.